The SMILES string of the molecule is O=C(CCOCCOCCOCCN(CCOCCOCCOCCn1cc(CCCCNC(=S)Nc2ccc(O[C@H]3O[C@H](CCP(=O)(O)O)[C@@H](O)[C@H](O)[C@@H]3O)cc2)nn1)CCOCCOCCOCCn1cc(CCCCNC(=S)Nc2ccc(O[C@H]3O[C@H](CCP(=O)(O)O)[C@@H](O)[C@H](O)[C@@H]3O)cc2)nn1)NCCN1C(=O)C=CC1=O. The molecule has 3 aliphatic rings. The summed E-state index contributed by atoms with van der Waals surface area (Å²) in [6.45, 7) is 11.3. The fourth-order valence-electron chi connectivity index (χ4n) is 11.4. The van der Waals surface area contributed by atoms with Crippen molar-refractivity contribution in [2.24, 2.45) is 0 Å². The Bertz CT molecular complexity index is 3410. The number of thiocarbonyl (C=S) groups is 2. The molecule has 5 heterocycles. The Labute approximate surface area is 682 Å². The zero-order valence-corrected chi connectivity index (χ0v) is 68.1. The molecule has 15 N–H and O–H groups in total. The lowest BCUT2D eigenvalue weighted by atomic mass is 9.97. The van der Waals surface area contributed by atoms with Gasteiger partial charge in [0.2, 0.25) is 18.5 Å². The summed E-state index contributed by atoms with van der Waals surface area (Å²) < 4.78 is 101. The lowest BCUT2D eigenvalue weighted by molar-refractivity contribution is -0.272. The fourth-order valence-corrected chi connectivity index (χ4v) is 13.0. The van der Waals surface area contributed by atoms with Crippen LogP contribution in [0.15, 0.2) is 73.1 Å². The van der Waals surface area contributed by atoms with E-state index in [2.05, 4.69) is 52.1 Å². The lowest BCUT2D eigenvalue weighted by Crippen LogP contribution is -2.59. The summed E-state index contributed by atoms with van der Waals surface area (Å²) in [5, 5.41) is 95.0. The number of hydrogen-bond acceptors (Lipinski definition) is 31. The van der Waals surface area contributed by atoms with Gasteiger partial charge in [-0.3, -0.25) is 33.3 Å². The van der Waals surface area contributed by atoms with E-state index in [-0.39, 0.29) is 56.4 Å². The molecular weight excluding hydrogens is 1610 g/mol. The number of nitrogens with zero attached hydrogens (tertiary/aromatic N) is 8. The summed E-state index contributed by atoms with van der Waals surface area (Å²) in [4.78, 5) is 75.6. The van der Waals surface area contributed by atoms with Crippen LogP contribution in [0.4, 0.5) is 11.4 Å². The number of carbonyl (C=O) groups excluding carboxylic acids is 3. The number of aliphatic hydroxyl groups is 6. The van der Waals surface area contributed by atoms with Gasteiger partial charge >= 0.3 is 15.2 Å². The Morgan fingerprint density at radius 3 is 1.20 bits per heavy atom. The van der Waals surface area contributed by atoms with E-state index in [1.165, 1.54) is 12.2 Å². The van der Waals surface area contributed by atoms with Crippen LogP contribution in [0.1, 0.15) is 56.3 Å². The Hall–Kier alpha value is -6.37. The van der Waals surface area contributed by atoms with Gasteiger partial charge in [-0.15, -0.1) is 10.2 Å². The zero-order chi connectivity index (χ0) is 83.3. The summed E-state index contributed by atoms with van der Waals surface area (Å²) in [5.74, 6) is -0.514. The minimum Gasteiger partial charge on any atom is -0.462 e. The highest BCUT2D eigenvalue weighted by atomic mass is 32.1. The second kappa shape index (κ2) is 54.0. The molecule has 2 fully saturated rings. The molecular formula is C71H113N13O28P2S2. The number of aryl methyl sites for hydroxylation is 2. The van der Waals surface area contributed by atoms with Gasteiger partial charge in [-0.1, -0.05) is 10.4 Å². The molecule has 3 aliphatic heterocycles. The summed E-state index contributed by atoms with van der Waals surface area (Å²) in [6.07, 6.45) is -5.42. The van der Waals surface area contributed by atoms with Crippen LogP contribution in [0, 0.1) is 0 Å². The molecule has 0 unspecified atom stereocenters. The van der Waals surface area contributed by atoms with E-state index in [1.807, 2.05) is 12.4 Å². The molecule has 116 heavy (non-hydrogen) atoms. The minimum atomic E-state index is -4.39. The molecule has 3 amide bonds. The van der Waals surface area contributed by atoms with Crippen LogP contribution in [0.2, 0.25) is 0 Å². The Morgan fingerprint density at radius 1 is 0.457 bits per heavy atom. The summed E-state index contributed by atoms with van der Waals surface area (Å²) in [5.41, 5.74) is 3.00. The maximum Gasteiger partial charge on any atom is 0.325 e. The average molecular weight is 1720 g/mol. The number of unbranched alkanes of at least 4 members (excludes halogenated alkanes) is 2. The van der Waals surface area contributed by atoms with Gasteiger partial charge in [-0.25, -0.2) is 9.36 Å². The highest BCUT2D eigenvalue weighted by molar-refractivity contribution is 7.80. The quantitative estimate of drug-likeness (QED) is 0.0104. The first kappa shape index (κ1) is 96.8. The minimum absolute atomic E-state index is 0.0991. The molecule has 10 atom stereocenters. The number of anilines is 2. The lowest BCUT2D eigenvalue weighted by Gasteiger charge is -2.40. The van der Waals surface area contributed by atoms with Gasteiger partial charge in [0.05, 0.1) is 168 Å². The third kappa shape index (κ3) is 39.2. The van der Waals surface area contributed by atoms with E-state index in [1.54, 1.807) is 57.9 Å². The standard InChI is InChI=1S/C71H113N13O28P2S2/c85-59(72-22-23-84-60(86)15-16-61(84)87)17-29-100-35-41-106-42-36-101-30-24-81(25-31-102-37-43-107-45-39-104-33-27-82-49-53(77-79-82)5-1-3-20-73-70(115)75-51-7-11-55(12-8-51)109-68-66(92)64(90)62(88)57(111-68)18-47-113(94,95)96)26-32-103-38-44-108-46-40-105-34-28-83-50-54(78-80-83)6-2-4-21-74-71(116)76-52-9-13-56(14-10-52)110-69-67(93)65(91)63(89)58(112-69)19-48-114(97,98)99/h7-16,49-50,57-58,62-69,88-93H,1-6,17-48H2,(H,72,85)(H2,73,75,115)(H2,74,76,116)(H2,94,95,96)(H2,97,98,99)/t57-,58-,62-,63-,64+,65+,66+,67+,68+,69+/m1/s1. The van der Waals surface area contributed by atoms with Gasteiger partial charge in [0, 0.05) is 88.2 Å². The van der Waals surface area contributed by atoms with Crippen molar-refractivity contribution in [3.63, 3.8) is 0 Å². The van der Waals surface area contributed by atoms with E-state index < -0.39 is 101 Å². The molecule has 0 saturated carbocycles. The Balaban J connectivity index is 0.674. The van der Waals surface area contributed by atoms with Crippen molar-refractivity contribution >= 4 is 78.9 Å². The molecule has 0 spiro atoms. The van der Waals surface area contributed by atoms with Crippen LogP contribution in [-0.2, 0) is 102 Å². The van der Waals surface area contributed by atoms with Crippen molar-refractivity contribution in [2.75, 3.05) is 188 Å². The molecule has 41 nitrogen and oxygen atoms in total. The van der Waals surface area contributed by atoms with Crippen LogP contribution in [0.25, 0.3) is 0 Å². The fraction of sp³-hybridized carbons (Fsp3) is 0.676. The molecule has 652 valence electrons. The maximum absolute atomic E-state index is 12.1. The van der Waals surface area contributed by atoms with Crippen molar-refractivity contribution in [3.05, 3.63) is 84.5 Å². The monoisotopic (exact) mass is 1720 g/mol. The van der Waals surface area contributed by atoms with E-state index in [0.29, 0.717) is 180 Å². The normalized spacial score (nSPS) is 20.4. The molecule has 0 bridgehead atoms. The smallest absolute Gasteiger partial charge is 0.325 e. The second-order valence-electron chi connectivity index (χ2n) is 26.9. The summed E-state index contributed by atoms with van der Waals surface area (Å²) >= 11 is 10.9. The van der Waals surface area contributed by atoms with E-state index in [9.17, 15) is 73.7 Å². The molecule has 2 aromatic heterocycles. The maximum atomic E-state index is 12.1. The number of benzene rings is 2. The second-order valence-corrected chi connectivity index (χ2v) is 31.3. The van der Waals surface area contributed by atoms with Gasteiger partial charge in [0.25, 0.3) is 11.8 Å². The van der Waals surface area contributed by atoms with Crippen LogP contribution in [0.5, 0.6) is 11.5 Å². The van der Waals surface area contributed by atoms with Crippen LogP contribution < -0.4 is 36.1 Å². The number of nitrogens with one attached hydrogen (secondary N) is 5. The first-order valence-corrected chi connectivity index (χ1v) is 42.9. The third-order valence-corrected chi connectivity index (χ3v) is 20.0. The van der Waals surface area contributed by atoms with Crippen molar-refractivity contribution in [3.8, 4) is 11.5 Å². The number of imide groups is 1. The van der Waals surface area contributed by atoms with E-state index in [0.717, 1.165) is 54.8 Å². The van der Waals surface area contributed by atoms with E-state index in [4.69, 9.17) is 86.0 Å². The van der Waals surface area contributed by atoms with Crippen molar-refractivity contribution in [1.82, 2.24) is 55.7 Å². The summed E-state index contributed by atoms with van der Waals surface area (Å²) in [7, 11) is -8.78. The summed E-state index contributed by atoms with van der Waals surface area (Å²) in [6, 6.07) is 13.1. The molecule has 2 saturated heterocycles. The number of carbonyl (C=O) groups is 3. The van der Waals surface area contributed by atoms with Crippen molar-refractivity contribution in [2.45, 2.75) is 132 Å². The third-order valence-electron chi connectivity index (χ3n) is 17.8. The average Bonchev–Trinajstić information content (AvgIpc) is 1.75. The first-order valence-electron chi connectivity index (χ1n) is 38.5. The molecule has 45 heteroatoms. The van der Waals surface area contributed by atoms with Gasteiger partial charge < -0.3 is 138 Å². The molecule has 7 rings (SSSR count). The number of rotatable bonds is 61. The molecule has 0 radical (unpaired) electrons. The van der Waals surface area contributed by atoms with Gasteiger partial charge in [-0.2, -0.15) is 0 Å². The number of hydrogen-bond donors (Lipinski definition) is 15. The predicted octanol–water partition coefficient (Wildman–Crippen LogP) is -1.42. The van der Waals surface area contributed by atoms with E-state index >= 15 is 0 Å². The topological polar surface area (TPSA) is 536 Å². The first-order chi connectivity index (χ1) is 55.9. The van der Waals surface area contributed by atoms with Crippen molar-refractivity contribution < 1.29 is 135 Å². The van der Waals surface area contributed by atoms with Crippen molar-refractivity contribution in [1.29, 1.82) is 0 Å². The zero-order valence-electron chi connectivity index (χ0n) is 64.7. The molecule has 4 aromatic rings. The number of aromatic nitrogens is 6. The van der Waals surface area contributed by atoms with Crippen LogP contribution in [0.3, 0.4) is 0 Å². The van der Waals surface area contributed by atoms with Crippen LogP contribution >= 0.6 is 39.6 Å². The number of amides is 3. The highest BCUT2D eigenvalue weighted by Crippen LogP contribution is 2.39. The van der Waals surface area contributed by atoms with Gasteiger partial charge in [0.15, 0.2) is 10.2 Å². The molecule has 2 aromatic carbocycles. The highest BCUT2D eigenvalue weighted by Gasteiger charge is 2.47. The Morgan fingerprint density at radius 2 is 0.819 bits per heavy atom. The largest absolute Gasteiger partial charge is 0.462 e. The molecule has 0 aliphatic carbocycles. The predicted molar refractivity (Wildman–Crippen MR) is 422 cm³/mol. The van der Waals surface area contributed by atoms with Gasteiger partial charge in [-0.05, 0) is 124 Å². The van der Waals surface area contributed by atoms with Crippen LogP contribution in [-0.4, -0.2) is 356 Å². The number of aliphatic hydroxyl groups excluding tert-OH is 6. The van der Waals surface area contributed by atoms with Gasteiger partial charge in [0.1, 0.15) is 48.1 Å². The Kier molecular flexibility index (Phi) is 45.1. The number of ether oxygens (including phenoxy) is 13.